The Morgan fingerprint density at radius 2 is 1.67 bits per heavy atom. The van der Waals surface area contributed by atoms with Gasteiger partial charge in [-0.3, -0.25) is 4.79 Å². The van der Waals surface area contributed by atoms with Gasteiger partial charge in [0.05, 0.1) is 32.8 Å². The largest absolute Gasteiger partial charge is 0.459 e. The molecule has 0 fully saturated rings. The van der Waals surface area contributed by atoms with Gasteiger partial charge in [0.2, 0.25) is 0 Å². The molecule has 108 valence electrons. The summed E-state index contributed by atoms with van der Waals surface area (Å²) >= 11 is 0. The van der Waals surface area contributed by atoms with Crippen LogP contribution in [0.2, 0.25) is 0 Å². The van der Waals surface area contributed by atoms with E-state index in [1.165, 1.54) is 0 Å². The van der Waals surface area contributed by atoms with Gasteiger partial charge in [-0.1, -0.05) is 13.8 Å². The van der Waals surface area contributed by atoms with Gasteiger partial charge in [-0.15, -0.1) is 0 Å². The highest BCUT2D eigenvalue weighted by Crippen LogP contribution is 2.20. The van der Waals surface area contributed by atoms with Crippen molar-refractivity contribution >= 4 is 5.97 Å². The summed E-state index contributed by atoms with van der Waals surface area (Å²) in [6.07, 6.45) is 0.271. The van der Waals surface area contributed by atoms with Crippen molar-refractivity contribution in [2.75, 3.05) is 33.0 Å². The molecule has 0 amide bonds. The van der Waals surface area contributed by atoms with Crippen molar-refractivity contribution in [1.82, 2.24) is 0 Å². The third-order valence-corrected chi connectivity index (χ3v) is 2.85. The topological polar surface area (TPSA) is 70.8 Å². The van der Waals surface area contributed by atoms with E-state index in [4.69, 9.17) is 19.9 Å². The SMILES string of the molecule is CC(C)C(C)(C)OC(=O)CCOCCOCCN. The molecule has 0 atom stereocenters. The summed E-state index contributed by atoms with van der Waals surface area (Å²) in [4.78, 5) is 11.5. The molecule has 2 N–H and O–H groups in total. The molecule has 0 aliphatic rings. The van der Waals surface area contributed by atoms with Gasteiger partial charge in [-0.05, 0) is 19.8 Å². The van der Waals surface area contributed by atoms with Gasteiger partial charge in [0.1, 0.15) is 5.60 Å². The van der Waals surface area contributed by atoms with Crippen molar-refractivity contribution in [2.24, 2.45) is 11.7 Å². The second-order valence-corrected chi connectivity index (χ2v) is 5.00. The summed E-state index contributed by atoms with van der Waals surface area (Å²) in [6.45, 7) is 10.3. The van der Waals surface area contributed by atoms with Crippen molar-refractivity contribution in [2.45, 2.75) is 39.7 Å². The number of esters is 1. The molecule has 0 bridgehead atoms. The molecule has 0 aromatic rings. The first-order valence-corrected chi connectivity index (χ1v) is 6.47. The maximum Gasteiger partial charge on any atom is 0.308 e. The van der Waals surface area contributed by atoms with Crippen molar-refractivity contribution in [3.63, 3.8) is 0 Å². The third-order valence-electron chi connectivity index (χ3n) is 2.85. The standard InChI is InChI=1S/C13H27NO4/c1-11(2)13(3,4)18-12(15)5-7-16-9-10-17-8-6-14/h11H,5-10,14H2,1-4H3. The van der Waals surface area contributed by atoms with Gasteiger partial charge < -0.3 is 19.9 Å². The molecule has 0 spiro atoms. The monoisotopic (exact) mass is 261 g/mol. The summed E-state index contributed by atoms with van der Waals surface area (Å²) in [5.41, 5.74) is 4.84. The summed E-state index contributed by atoms with van der Waals surface area (Å²) in [5.74, 6) is 0.0589. The minimum absolute atomic E-state index is 0.225. The second-order valence-electron chi connectivity index (χ2n) is 5.00. The minimum Gasteiger partial charge on any atom is -0.459 e. The van der Waals surface area contributed by atoms with E-state index in [0.29, 0.717) is 33.0 Å². The molecule has 5 heteroatoms. The van der Waals surface area contributed by atoms with E-state index in [1.54, 1.807) is 0 Å². The first-order chi connectivity index (χ1) is 8.40. The Labute approximate surface area is 110 Å². The number of ether oxygens (including phenoxy) is 3. The zero-order valence-electron chi connectivity index (χ0n) is 12.0. The molecule has 0 unspecified atom stereocenters. The van der Waals surface area contributed by atoms with Crippen LogP contribution < -0.4 is 5.73 Å². The van der Waals surface area contributed by atoms with Gasteiger partial charge in [0, 0.05) is 6.54 Å². The molecule has 5 nitrogen and oxygen atoms in total. The van der Waals surface area contributed by atoms with E-state index < -0.39 is 5.60 Å². The molecule has 0 aliphatic heterocycles. The van der Waals surface area contributed by atoms with Gasteiger partial charge in [-0.2, -0.15) is 0 Å². The average molecular weight is 261 g/mol. The Hall–Kier alpha value is -0.650. The predicted molar refractivity (Wildman–Crippen MR) is 70.3 cm³/mol. The maximum absolute atomic E-state index is 11.5. The lowest BCUT2D eigenvalue weighted by molar-refractivity contribution is -0.161. The molecule has 0 radical (unpaired) electrons. The van der Waals surface area contributed by atoms with E-state index in [2.05, 4.69) is 0 Å². The lowest BCUT2D eigenvalue weighted by Gasteiger charge is -2.29. The number of hydrogen-bond donors (Lipinski definition) is 1. The predicted octanol–water partition coefficient (Wildman–Crippen LogP) is 1.35. The van der Waals surface area contributed by atoms with Crippen LogP contribution in [0.15, 0.2) is 0 Å². The number of carbonyl (C=O) groups is 1. The van der Waals surface area contributed by atoms with E-state index in [1.807, 2.05) is 27.7 Å². The molecule has 0 aromatic carbocycles. The average Bonchev–Trinajstić information content (AvgIpc) is 2.27. The second kappa shape index (κ2) is 9.30. The van der Waals surface area contributed by atoms with Gasteiger partial charge in [0.15, 0.2) is 0 Å². The van der Waals surface area contributed by atoms with Gasteiger partial charge in [-0.25, -0.2) is 0 Å². The van der Waals surface area contributed by atoms with Crippen molar-refractivity contribution in [3.05, 3.63) is 0 Å². The summed E-state index contributed by atoms with van der Waals surface area (Å²) < 4.78 is 15.8. The zero-order chi connectivity index (χ0) is 14.0. The van der Waals surface area contributed by atoms with Crippen LogP contribution >= 0.6 is 0 Å². The number of rotatable bonds is 10. The molecule has 18 heavy (non-hydrogen) atoms. The minimum atomic E-state index is -0.429. The van der Waals surface area contributed by atoms with E-state index in [0.717, 1.165) is 0 Å². The van der Waals surface area contributed by atoms with Crippen molar-refractivity contribution < 1.29 is 19.0 Å². The highest BCUT2D eigenvalue weighted by atomic mass is 16.6. The molecule has 0 aromatic heterocycles. The quantitative estimate of drug-likeness (QED) is 0.475. The maximum atomic E-state index is 11.5. The molecule has 0 aliphatic carbocycles. The summed E-state index contributed by atoms with van der Waals surface area (Å²) in [6, 6.07) is 0. The fourth-order valence-electron chi connectivity index (χ4n) is 1.02. The van der Waals surface area contributed by atoms with Crippen LogP contribution in [-0.4, -0.2) is 44.5 Å². The lowest BCUT2D eigenvalue weighted by atomic mass is 9.95. The Kier molecular flexibility index (Phi) is 8.97. The smallest absolute Gasteiger partial charge is 0.308 e. The molecule has 0 heterocycles. The van der Waals surface area contributed by atoms with Gasteiger partial charge in [0.25, 0.3) is 0 Å². The summed E-state index contributed by atoms with van der Waals surface area (Å²) in [7, 11) is 0. The molecule has 0 saturated heterocycles. The van der Waals surface area contributed by atoms with Crippen LogP contribution in [0.5, 0.6) is 0 Å². The van der Waals surface area contributed by atoms with Crippen LogP contribution in [0.3, 0.4) is 0 Å². The van der Waals surface area contributed by atoms with Crippen LogP contribution in [0, 0.1) is 5.92 Å². The first kappa shape index (κ1) is 17.4. The molecule has 0 saturated carbocycles. The molecular weight excluding hydrogens is 234 g/mol. The molecular formula is C13H27NO4. The zero-order valence-corrected chi connectivity index (χ0v) is 12.0. The number of nitrogens with two attached hydrogens (primary N) is 1. The lowest BCUT2D eigenvalue weighted by Crippen LogP contribution is -2.34. The van der Waals surface area contributed by atoms with Crippen molar-refractivity contribution in [3.8, 4) is 0 Å². The highest BCUT2D eigenvalue weighted by Gasteiger charge is 2.26. The normalized spacial score (nSPS) is 11.9. The van der Waals surface area contributed by atoms with Crippen LogP contribution in [0.1, 0.15) is 34.1 Å². The van der Waals surface area contributed by atoms with E-state index in [9.17, 15) is 4.79 Å². The Bertz CT molecular complexity index is 229. The fraction of sp³-hybridized carbons (Fsp3) is 0.923. The fourth-order valence-corrected chi connectivity index (χ4v) is 1.02. The van der Waals surface area contributed by atoms with Crippen LogP contribution in [-0.2, 0) is 19.0 Å². The first-order valence-electron chi connectivity index (χ1n) is 6.47. The van der Waals surface area contributed by atoms with E-state index in [-0.39, 0.29) is 18.3 Å². The van der Waals surface area contributed by atoms with Crippen LogP contribution in [0.4, 0.5) is 0 Å². The Morgan fingerprint density at radius 1 is 1.11 bits per heavy atom. The number of hydrogen-bond acceptors (Lipinski definition) is 5. The highest BCUT2D eigenvalue weighted by molar-refractivity contribution is 5.69. The number of carbonyl (C=O) groups excluding carboxylic acids is 1. The third kappa shape index (κ3) is 8.44. The van der Waals surface area contributed by atoms with Crippen LogP contribution in [0.25, 0.3) is 0 Å². The van der Waals surface area contributed by atoms with Crippen molar-refractivity contribution in [1.29, 1.82) is 0 Å². The molecule has 0 rings (SSSR count). The summed E-state index contributed by atoms with van der Waals surface area (Å²) in [5, 5.41) is 0. The van der Waals surface area contributed by atoms with E-state index >= 15 is 0 Å². The van der Waals surface area contributed by atoms with Gasteiger partial charge >= 0.3 is 5.97 Å². The Balaban J connectivity index is 3.54. The Morgan fingerprint density at radius 3 is 2.17 bits per heavy atom.